The summed E-state index contributed by atoms with van der Waals surface area (Å²) in [6.07, 6.45) is 2.12. The van der Waals surface area contributed by atoms with Crippen molar-refractivity contribution in [2.24, 2.45) is 5.92 Å². The van der Waals surface area contributed by atoms with Gasteiger partial charge in [0.2, 0.25) is 5.91 Å². The van der Waals surface area contributed by atoms with Gasteiger partial charge in [0.15, 0.2) is 6.61 Å². The van der Waals surface area contributed by atoms with E-state index in [9.17, 15) is 14.4 Å². The lowest BCUT2D eigenvalue weighted by Crippen LogP contribution is -2.41. The average molecular weight is 348 g/mol. The van der Waals surface area contributed by atoms with Gasteiger partial charge in [0.05, 0.1) is 17.0 Å². The molecule has 1 N–H and O–H groups in total. The fourth-order valence-corrected chi connectivity index (χ4v) is 3.72. The summed E-state index contributed by atoms with van der Waals surface area (Å²) in [6.45, 7) is 3.32. The Kier molecular flexibility index (Phi) is 5.08. The molecule has 24 heavy (non-hydrogen) atoms. The Bertz CT molecular complexity index is 677. The van der Waals surface area contributed by atoms with Crippen molar-refractivity contribution in [3.63, 3.8) is 0 Å². The largest absolute Gasteiger partial charge is 0.452 e. The maximum atomic E-state index is 12.2. The van der Waals surface area contributed by atoms with E-state index in [1.807, 2.05) is 0 Å². The zero-order valence-electron chi connectivity index (χ0n) is 13.5. The second-order valence-electron chi connectivity index (χ2n) is 6.21. The molecule has 0 aromatic heterocycles. The topological polar surface area (TPSA) is 75.7 Å². The van der Waals surface area contributed by atoms with Crippen molar-refractivity contribution in [2.75, 3.05) is 30.8 Å². The highest BCUT2D eigenvalue weighted by molar-refractivity contribution is 8.00. The lowest BCUT2D eigenvalue weighted by atomic mass is 10.0. The van der Waals surface area contributed by atoms with Crippen molar-refractivity contribution >= 4 is 35.2 Å². The van der Waals surface area contributed by atoms with Gasteiger partial charge in [-0.05, 0) is 37.0 Å². The van der Waals surface area contributed by atoms with Gasteiger partial charge in [0, 0.05) is 18.0 Å². The highest BCUT2D eigenvalue weighted by Crippen LogP contribution is 2.32. The third-order valence-corrected chi connectivity index (χ3v) is 5.26. The smallest absolute Gasteiger partial charge is 0.338 e. The molecular formula is C17H20N2O4S. The minimum absolute atomic E-state index is 0.0904. The summed E-state index contributed by atoms with van der Waals surface area (Å²) in [5.74, 6) is 0.0600. The maximum Gasteiger partial charge on any atom is 0.338 e. The van der Waals surface area contributed by atoms with Crippen molar-refractivity contribution in [3.8, 4) is 0 Å². The molecule has 2 heterocycles. The van der Waals surface area contributed by atoms with Crippen LogP contribution in [0.5, 0.6) is 0 Å². The Morgan fingerprint density at radius 1 is 1.42 bits per heavy atom. The van der Waals surface area contributed by atoms with Crippen LogP contribution in [0.3, 0.4) is 0 Å². The SMILES string of the molecule is C[C@@H]1CCCN(C(=O)COC(=O)c2ccc3c(c2)NC(=O)CS3)C1. The highest BCUT2D eigenvalue weighted by atomic mass is 32.2. The van der Waals surface area contributed by atoms with Crippen LogP contribution in [0.1, 0.15) is 30.1 Å². The van der Waals surface area contributed by atoms with Crippen molar-refractivity contribution in [3.05, 3.63) is 23.8 Å². The molecule has 2 amide bonds. The summed E-state index contributed by atoms with van der Waals surface area (Å²) >= 11 is 1.43. The number of hydrogen-bond acceptors (Lipinski definition) is 5. The molecule has 2 aliphatic heterocycles. The minimum atomic E-state index is -0.555. The molecule has 0 radical (unpaired) electrons. The third kappa shape index (κ3) is 3.90. The number of carbonyl (C=O) groups excluding carboxylic acids is 3. The molecule has 6 nitrogen and oxygen atoms in total. The molecule has 128 valence electrons. The fraction of sp³-hybridized carbons (Fsp3) is 0.471. The molecule has 7 heteroatoms. The number of esters is 1. The van der Waals surface area contributed by atoms with E-state index >= 15 is 0 Å². The Labute approximate surface area is 144 Å². The number of fused-ring (bicyclic) bond motifs is 1. The average Bonchev–Trinajstić information content (AvgIpc) is 2.58. The van der Waals surface area contributed by atoms with Gasteiger partial charge in [-0.15, -0.1) is 11.8 Å². The second-order valence-corrected chi connectivity index (χ2v) is 7.23. The monoisotopic (exact) mass is 348 g/mol. The molecule has 0 aliphatic carbocycles. The summed E-state index contributed by atoms with van der Waals surface area (Å²) in [5, 5.41) is 2.73. The molecule has 1 aromatic rings. The standard InChI is InChI=1S/C17H20N2O4S/c1-11-3-2-6-19(8-11)16(21)9-23-17(22)12-4-5-14-13(7-12)18-15(20)10-24-14/h4-5,7,11H,2-3,6,8-10H2,1H3,(H,18,20)/t11-/m1/s1. The molecule has 0 saturated carbocycles. The van der Waals surface area contributed by atoms with Gasteiger partial charge in [0.1, 0.15) is 0 Å². The van der Waals surface area contributed by atoms with E-state index in [0.717, 1.165) is 30.8 Å². The molecule has 2 aliphatic rings. The summed E-state index contributed by atoms with van der Waals surface area (Å²) in [5.41, 5.74) is 0.943. The quantitative estimate of drug-likeness (QED) is 0.847. The van der Waals surface area contributed by atoms with Crippen LogP contribution in [0.15, 0.2) is 23.1 Å². The minimum Gasteiger partial charge on any atom is -0.452 e. The predicted molar refractivity (Wildman–Crippen MR) is 91.1 cm³/mol. The Hall–Kier alpha value is -2.02. The van der Waals surface area contributed by atoms with Crippen molar-refractivity contribution in [1.82, 2.24) is 4.90 Å². The van der Waals surface area contributed by atoms with Gasteiger partial charge in [-0.2, -0.15) is 0 Å². The number of hydrogen-bond donors (Lipinski definition) is 1. The van der Waals surface area contributed by atoms with Gasteiger partial charge in [0.25, 0.3) is 5.91 Å². The third-order valence-electron chi connectivity index (χ3n) is 4.18. The molecular weight excluding hydrogens is 328 g/mol. The first kappa shape index (κ1) is 16.8. The fourth-order valence-electron chi connectivity index (χ4n) is 2.93. The van der Waals surface area contributed by atoms with Crippen LogP contribution in [0, 0.1) is 5.92 Å². The number of nitrogens with one attached hydrogen (secondary N) is 1. The van der Waals surface area contributed by atoms with Crippen LogP contribution in [0.25, 0.3) is 0 Å². The van der Waals surface area contributed by atoms with E-state index in [1.165, 1.54) is 11.8 Å². The van der Waals surface area contributed by atoms with Gasteiger partial charge in [-0.25, -0.2) is 4.79 Å². The summed E-state index contributed by atoms with van der Waals surface area (Å²) in [7, 11) is 0. The Morgan fingerprint density at radius 2 is 2.25 bits per heavy atom. The van der Waals surface area contributed by atoms with E-state index in [0.29, 0.717) is 22.9 Å². The zero-order chi connectivity index (χ0) is 17.1. The van der Waals surface area contributed by atoms with Gasteiger partial charge < -0.3 is 15.0 Å². The van der Waals surface area contributed by atoms with Crippen LogP contribution in [-0.4, -0.2) is 48.1 Å². The molecule has 1 fully saturated rings. The van der Waals surface area contributed by atoms with Crippen molar-refractivity contribution in [2.45, 2.75) is 24.7 Å². The number of thioether (sulfide) groups is 1. The van der Waals surface area contributed by atoms with Crippen LogP contribution in [0.2, 0.25) is 0 Å². The summed E-state index contributed by atoms with van der Waals surface area (Å²) in [4.78, 5) is 38.4. The van der Waals surface area contributed by atoms with Crippen LogP contribution < -0.4 is 5.32 Å². The Morgan fingerprint density at radius 3 is 3.04 bits per heavy atom. The summed E-state index contributed by atoms with van der Waals surface area (Å²) < 4.78 is 5.15. The zero-order valence-corrected chi connectivity index (χ0v) is 14.4. The van der Waals surface area contributed by atoms with E-state index in [4.69, 9.17) is 4.74 Å². The first-order valence-corrected chi connectivity index (χ1v) is 9.03. The lowest BCUT2D eigenvalue weighted by Gasteiger charge is -2.30. The molecule has 1 saturated heterocycles. The van der Waals surface area contributed by atoms with Crippen molar-refractivity contribution in [1.29, 1.82) is 0 Å². The number of nitrogens with zero attached hydrogens (tertiary/aromatic N) is 1. The van der Waals surface area contributed by atoms with E-state index in [-0.39, 0.29) is 18.4 Å². The first-order valence-electron chi connectivity index (χ1n) is 8.04. The molecule has 1 aromatic carbocycles. The normalized spacial score (nSPS) is 20.1. The van der Waals surface area contributed by atoms with Gasteiger partial charge >= 0.3 is 5.97 Å². The number of piperidine rings is 1. The molecule has 0 spiro atoms. The maximum absolute atomic E-state index is 12.2. The van der Waals surface area contributed by atoms with Crippen LogP contribution in [0.4, 0.5) is 5.69 Å². The number of anilines is 1. The molecule has 3 rings (SSSR count). The van der Waals surface area contributed by atoms with Crippen LogP contribution in [-0.2, 0) is 14.3 Å². The lowest BCUT2D eigenvalue weighted by molar-refractivity contribution is -0.136. The molecule has 0 bridgehead atoms. The van der Waals surface area contributed by atoms with Gasteiger partial charge in [-0.3, -0.25) is 9.59 Å². The predicted octanol–water partition coefficient (Wildman–Crippen LogP) is 2.15. The first-order chi connectivity index (χ1) is 11.5. The highest BCUT2D eigenvalue weighted by Gasteiger charge is 2.23. The number of ether oxygens (including phenoxy) is 1. The van der Waals surface area contributed by atoms with Crippen LogP contribution >= 0.6 is 11.8 Å². The molecule has 0 unspecified atom stereocenters. The van der Waals surface area contributed by atoms with E-state index in [1.54, 1.807) is 23.1 Å². The number of benzene rings is 1. The van der Waals surface area contributed by atoms with E-state index < -0.39 is 5.97 Å². The number of amides is 2. The second kappa shape index (κ2) is 7.25. The Balaban J connectivity index is 1.58. The number of rotatable bonds is 3. The number of likely N-dealkylation sites (tertiary alicyclic amines) is 1. The summed E-state index contributed by atoms with van der Waals surface area (Å²) in [6, 6.07) is 5.03. The van der Waals surface area contributed by atoms with Crippen molar-refractivity contribution < 1.29 is 19.1 Å². The number of carbonyl (C=O) groups is 3. The van der Waals surface area contributed by atoms with E-state index in [2.05, 4.69) is 12.2 Å². The molecule has 1 atom stereocenters. The van der Waals surface area contributed by atoms with Gasteiger partial charge in [-0.1, -0.05) is 6.92 Å².